The van der Waals surface area contributed by atoms with Crippen molar-refractivity contribution in [1.29, 1.82) is 0 Å². The summed E-state index contributed by atoms with van der Waals surface area (Å²) in [5.41, 5.74) is 2.56. The average Bonchev–Trinajstić information content (AvgIpc) is 2.75. The summed E-state index contributed by atoms with van der Waals surface area (Å²) < 4.78 is 1.54. The lowest BCUT2D eigenvalue weighted by molar-refractivity contribution is 0.0690. The summed E-state index contributed by atoms with van der Waals surface area (Å²) in [6.07, 6.45) is 4.76. The summed E-state index contributed by atoms with van der Waals surface area (Å²) in [6, 6.07) is 23.1. The fraction of sp³-hybridized carbons (Fsp3) is 0.250. The molecule has 1 saturated heterocycles. The minimum absolute atomic E-state index is 0.00263. The number of carbonyl (C=O) groups excluding carboxylic acids is 1. The van der Waals surface area contributed by atoms with Gasteiger partial charge in [-0.1, -0.05) is 48.5 Å². The molecule has 2 aromatic carbocycles. The van der Waals surface area contributed by atoms with Crippen molar-refractivity contribution in [2.45, 2.75) is 19.3 Å². The Morgan fingerprint density at radius 1 is 0.857 bits per heavy atom. The van der Waals surface area contributed by atoms with Crippen molar-refractivity contribution >= 4 is 5.91 Å². The van der Waals surface area contributed by atoms with E-state index in [4.69, 9.17) is 0 Å². The van der Waals surface area contributed by atoms with Crippen molar-refractivity contribution in [3.8, 4) is 5.69 Å². The van der Waals surface area contributed by atoms with Crippen LogP contribution in [0.1, 0.15) is 28.8 Å². The largest absolute Gasteiger partial charge is 0.339 e. The van der Waals surface area contributed by atoms with Gasteiger partial charge in [0.25, 0.3) is 11.5 Å². The predicted octanol–water partition coefficient (Wildman–Crippen LogP) is 3.93. The highest BCUT2D eigenvalue weighted by molar-refractivity contribution is 5.94. The molecule has 142 valence electrons. The number of likely N-dealkylation sites (tertiary alicyclic amines) is 1. The van der Waals surface area contributed by atoms with Crippen LogP contribution in [0.4, 0.5) is 0 Å². The molecule has 2 heterocycles. The van der Waals surface area contributed by atoms with Crippen LogP contribution in [0.5, 0.6) is 0 Å². The first-order valence-electron chi connectivity index (χ1n) is 9.82. The molecule has 3 aromatic rings. The molecule has 0 spiro atoms. The van der Waals surface area contributed by atoms with Gasteiger partial charge < -0.3 is 4.90 Å². The van der Waals surface area contributed by atoms with Gasteiger partial charge in [0.2, 0.25) is 0 Å². The zero-order valence-corrected chi connectivity index (χ0v) is 15.8. The Labute approximate surface area is 165 Å². The van der Waals surface area contributed by atoms with Gasteiger partial charge in [-0.15, -0.1) is 0 Å². The number of hydrogen-bond acceptors (Lipinski definition) is 2. The summed E-state index contributed by atoms with van der Waals surface area (Å²) >= 11 is 0. The van der Waals surface area contributed by atoms with E-state index in [0.29, 0.717) is 11.5 Å². The first kappa shape index (κ1) is 18.2. The third-order valence-electron chi connectivity index (χ3n) is 5.46. The normalized spacial score (nSPS) is 14.8. The van der Waals surface area contributed by atoms with Crippen molar-refractivity contribution in [2.75, 3.05) is 13.1 Å². The van der Waals surface area contributed by atoms with Crippen LogP contribution in [0.3, 0.4) is 0 Å². The first-order valence-corrected chi connectivity index (χ1v) is 9.82. The standard InChI is InChI=1S/C24H24N2O2/c27-23-12-11-21(18-26(23)22-9-5-2-6-10-22)24(28)25-15-13-20(14-16-25)17-19-7-3-1-4-8-19/h1-12,18,20H,13-17H2. The van der Waals surface area contributed by atoms with Crippen molar-refractivity contribution in [2.24, 2.45) is 5.92 Å². The van der Waals surface area contributed by atoms with E-state index >= 15 is 0 Å². The van der Waals surface area contributed by atoms with E-state index in [1.165, 1.54) is 16.2 Å². The molecule has 0 bridgehead atoms. The molecule has 0 atom stereocenters. The van der Waals surface area contributed by atoms with Crippen molar-refractivity contribution < 1.29 is 4.79 Å². The Morgan fingerprint density at radius 3 is 2.18 bits per heavy atom. The zero-order valence-electron chi connectivity index (χ0n) is 15.8. The van der Waals surface area contributed by atoms with E-state index in [1.54, 1.807) is 12.3 Å². The topological polar surface area (TPSA) is 42.3 Å². The van der Waals surface area contributed by atoms with Crippen LogP contribution >= 0.6 is 0 Å². The molecule has 0 N–H and O–H groups in total. The second kappa shape index (κ2) is 8.26. The number of carbonyl (C=O) groups is 1. The zero-order chi connectivity index (χ0) is 19.3. The van der Waals surface area contributed by atoms with Crippen LogP contribution in [0, 0.1) is 5.92 Å². The quantitative estimate of drug-likeness (QED) is 0.696. The summed E-state index contributed by atoms with van der Waals surface area (Å²) in [4.78, 5) is 27.1. The van der Waals surface area contributed by atoms with Crippen LogP contribution in [-0.2, 0) is 6.42 Å². The van der Waals surface area contributed by atoms with E-state index in [-0.39, 0.29) is 11.5 Å². The van der Waals surface area contributed by atoms with Gasteiger partial charge in [0.15, 0.2) is 0 Å². The molecule has 0 aliphatic carbocycles. The minimum Gasteiger partial charge on any atom is -0.339 e. The van der Waals surface area contributed by atoms with Crippen LogP contribution in [0.2, 0.25) is 0 Å². The Hall–Kier alpha value is -3.14. The fourth-order valence-corrected chi connectivity index (χ4v) is 3.87. The fourth-order valence-electron chi connectivity index (χ4n) is 3.87. The minimum atomic E-state index is -0.135. The number of rotatable bonds is 4. The number of piperidine rings is 1. The Kier molecular flexibility index (Phi) is 5.38. The maximum absolute atomic E-state index is 13.0. The number of para-hydroxylation sites is 1. The molecule has 4 heteroatoms. The van der Waals surface area contributed by atoms with E-state index in [2.05, 4.69) is 24.3 Å². The Bertz CT molecular complexity index is 988. The maximum Gasteiger partial charge on any atom is 0.255 e. The van der Waals surface area contributed by atoms with Gasteiger partial charge in [-0.2, -0.15) is 0 Å². The molecule has 0 radical (unpaired) electrons. The average molecular weight is 372 g/mol. The van der Waals surface area contributed by atoms with Crippen molar-refractivity contribution in [3.05, 3.63) is 100 Å². The number of nitrogens with zero attached hydrogens (tertiary/aromatic N) is 2. The number of amides is 1. The molecular formula is C24H24N2O2. The number of aromatic nitrogens is 1. The van der Waals surface area contributed by atoms with Crippen LogP contribution in [0.15, 0.2) is 83.8 Å². The molecule has 1 amide bonds. The molecular weight excluding hydrogens is 348 g/mol. The van der Waals surface area contributed by atoms with Crippen LogP contribution in [-0.4, -0.2) is 28.5 Å². The lowest BCUT2D eigenvalue weighted by Crippen LogP contribution is -2.39. The number of pyridine rings is 1. The summed E-state index contributed by atoms with van der Waals surface area (Å²) in [5, 5.41) is 0. The monoisotopic (exact) mass is 372 g/mol. The maximum atomic E-state index is 13.0. The van der Waals surface area contributed by atoms with E-state index in [9.17, 15) is 9.59 Å². The molecule has 4 rings (SSSR count). The molecule has 1 aromatic heterocycles. The van der Waals surface area contributed by atoms with Gasteiger partial charge in [0.05, 0.1) is 5.56 Å². The van der Waals surface area contributed by atoms with Crippen LogP contribution in [0.25, 0.3) is 5.69 Å². The lowest BCUT2D eigenvalue weighted by atomic mass is 9.90. The Balaban J connectivity index is 1.44. The highest BCUT2D eigenvalue weighted by Gasteiger charge is 2.24. The van der Waals surface area contributed by atoms with Gasteiger partial charge in [-0.05, 0) is 48.9 Å². The molecule has 1 aliphatic rings. The van der Waals surface area contributed by atoms with E-state index in [0.717, 1.165) is 38.0 Å². The highest BCUT2D eigenvalue weighted by atomic mass is 16.2. The smallest absolute Gasteiger partial charge is 0.255 e. The molecule has 4 nitrogen and oxygen atoms in total. The first-order chi connectivity index (χ1) is 13.7. The van der Waals surface area contributed by atoms with Crippen molar-refractivity contribution in [3.63, 3.8) is 0 Å². The highest BCUT2D eigenvalue weighted by Crippen LogP contribution is 2.23. The number of hydrogen-bond donors (Lipinski definition) is 0. The summed E-state index contributed by atoms with van der Waals surface area (Å²) in [5.74, 6) is 0.618. The lowest BCUT2D eigenvalue weighted by Gasteiger charge is -2.32. The predicted molar refractivity (Wildman–Crippen MR) is 111 cm³/mol. The molecule has 0 unspecified atom stereocenters. The number of benzene rings is 2. The second-order valence-electron chi connectivity index (χ2n) is 7.39. The summed E-state index contributed by atoms with van der Waals surface area (Å²) in [6.45, 7) is 1.53. The third kappa shape index (κ3) is 4.06. The van der Waals surface area contributed by atoms with Gasteiger partial charge >= 0.3 is 0 Å². The van der Waals surface area contributed by atoms with Gasteiger partial charge in [-0.3, -0.25) is 14.2 Å². The molecule has 1 aliphatic heterocycles. The van der Waals surface area contributed by atoms with Gasteiger partial charge in [-0.25, -0.2) is 0 Å². The van der Waals surface area contributed by atoms with E-state index < -0.39 is 0 Å². The SMILES string of the molecule is O=C(c1ccc(=O)n(-c2ccccc2)c1)N1CCC(Cc2ccccc2)CC1. The molecule has 28 heavy (non-hydrogen) atoms. The van der Waals surface area contributed by atoms with Gasteiger partial charge in [0, 0.05) is 31.0 Å². The third-order valence-corrected chi connectivity index (χ3v) is 5.46. The van der Waals surface area contributed by atoms with Crippen molar-refractivity contribution in [1.82, 2.24) is 9.47 Å². The van der Waals surface area contributed by atoms with Crippen LogP contribution < -0.4 is 5.56 Å². The molecule has 0 saturated carbocycles. The summed E-state index contributed by atoms with van der Waals surface area (Å²) in [7, 11) is 0. The van der Waals surface area contributed by atoms with E-state index in [1.807, 2.05) is 41.3 Å². The Morgan fingerprint density at radius 2 is 1.50 bits per heavy atom. The second-order valence-corrected chi connectivity index (χ2v) is 7.39. The molecule has 1 fully saturated rings. The van der Waals surface area contributed by atoms with Gasteiger partial charge in [0.1, 0.15) is 0 Å².